The van der Waals surface area contributed by atoms with Crippen molar-refractivity contribution in [1.29, 1.82) is 0 Å². The van der Waals surface area contributed by atoms with Crippen LogP contribution in [0.2, 0.25) is 0 Å². The van der Waals surface area contributed by atoms with Gasteiger partial charge in [0.05, 0.1) is 0 Å². The van der Waals surface area contributed by atoms with Gasteiger partial charge in [0, 0.05) is 11.8 Å². The van der Waals surface area contributed by atoms with Crippen LogP contribution in [0.3, 0.4) is 0 Å². The summed E-state index contributed by atoms with van der Waals surface area (Å²) in [7, 11) is 0. The van der Waals surface area contributed by atoms with Gasteiger partial charge in [-0.05, 0) is 40.3 Å². The highest BCUT2D eigenvalue weighted by atomic mass is 79.9. The van der Waals surface area contributed by atoms with Crippen LogP contribution in [0.25, 0.3) is 11.4 Å². The summed E-state index contributed by atoms with van der Waals surface area (Å²) in [6.07, 6.45) is 4.02. The Kier molecular flexibility index (Phi) is 2.59. The zero-order valence-electron chi connectivity index (χ0n) is 9.11. The number of H-pyrrole nitrogens is 1. The number of halogens is 1. The highest BCUT2D eigenvalue weighted by molar-refractivity contribution is 9.10. The number of aromatic amines is 1. The van der Waals surface area contributed by atoms with Crippen LogP contribution in [-0.4, -0.2) is 9.97 Å². The molecule has 1 aromatic carbocycles. The Morgan fingerprint density at radius 3 is 2.76 bits per heavy atom. The molecule has 1 heterocycles. The van der Waals surface area contributed by atoms with E-state index in [0.29, 0.717) is 16.2 Å². The lowest BCUT2D eigenvalue weighted by atomic mass is 10.0. The highest BCUT2D eigenvalue weighted by Gasteiger charge is 2.26. The molecule has 2 aromatic rings. The van der Waals surface area contributed by atoms with E-state index < -0.39 is 0 Å². The molecule has 1 aliphatic carbocycles. The van der Waals surface area contributed by atoms with Gasteiger partial charge < -0.3 is 4.98 Å². The lowest BCUT2D eigenvalue weighted by molar-refractivity contribution is 1.07. The first-order chi connectivity index (χ1) is 8.25. The molecule has 1 aromatic heterocycles. The lowest BCUT2D eigenvalue weighted by Crippen LogP contribution is -2.09. The van der Waals surface area contributed by atoms with Crippen molar-refractivity contribution in [1.82, 2.24) is 9.97 Å². The third-order valence-electron chi connectivity index (χ3n) is 2.99. The molecular weight excluding hydrogens is 280 g/mol. The fourth-order valence-corrected chi connectivity index (χ4v) is 2.18. The molecule has 0 radical (unpaired) electrons. The van der Waals surface area contributed by atoms with Crippen LogP contribution in [0, 0.1) is 0 Å². The summed E-state index contributed by atoms with van der Waals surface area (Å²) in [6.45, 7) is 0. The van der Waals surface area contributed by atoms with E-state index in [4.69, 9.17) is 0 Å². The quantitative estimate of drug-likeness (QED) is 0.924. The molecule has 0 bridgehead atoms. The summed E-state index contributed by atoms with van der Waals surface area (Å²) in [5.74, 6) is 1.29. The number of aromatic nitrogens is 2. The second kappa shape index (κ2) is 4.11. The molecule has 1 N–H and O–H groups in total. The van der Waals surface area contributed by atoms with E-state index in [1.807, 2.05) is 18.2 Å². The van der Waals surface area contributed by atoms with Crippen LogP contribution >= 0.6 is 15.9 Å². The Labute approximate surface area is 107 Å². The number of rotatable bonds is 2. The molecule has 1 fully saturated rings. The van der Waals surface area contributed by atoms with E-state index in [1.54, 1.807) is 6.20 Å². The van der Waals surface area contributed by atoms with Crippen molar-refractivity contribution in [3.05, 3.63) is 50.9 Å². The van der Waals surface area contributed by atoms with Crippen LogP contribution < -0.4 is 5.56 Å². The maximum Gasteiger partial charge on any atom is 0.265 e. The molecule has 86 valence electrons. The molecule has 3 rings (SSSR count). The summed E-state index contributed by atoms with van der Waals surface area (Å²) in [4.78, 5) is 18.6. The van der Waals surface area contributed by atoms with Gasteiger partial charge in [0.2, 0.25) is 0 Å². The van der Waals surface area contributed by atoms with Gasteiger partial charge in [-0.25, -0.2) is 4.98 Å². The average molecular weight is 291 g/mol. The third kappa shape index (κ3) is 2.05. The van der Waals surface area contributed by atoms with E-state index in [9.17, 15) is 4.79 Å². The molecule has 0 unspecified atom stereocenters. The Bertz CT molecular complexity index is 617. The largest absolute Gasteiger partial charge is 0.306 e. The van der Waals surface area contributed by atoms with Gasteiger partial charge in [-0.15, -0.1) is 0 Å². The monoisotopic (exact) mass is 290 g/mol. The molecule has 4 heteroatoms. The van der Waals surface area contributed by atoms with Gasteiger partial charge in [-0.1, -0.05) is 24.3 Å². The summed E-state index contributed by atoms with van der Waals surface area (Å²) in [6, 6.07) is 8.15. The third-order valence-corrected chi connectivity index (χ3v) is 3.55. The van der Waals surface area contributed by atoms with E-state index >= 15 is 0 Å². The maximum atomic E-state index is 11.6. The van der Waals surface area contributed by atoms with Gasteiger partial charge in [0.1, 0.15) is 10.3 Å². The predicted octanol–water partition coefficient (Wildman–Crippen LogP) is 3.08. The summed E-state index contributed by atoms with van der Waals surface area (Å²) < 4.78 is 0.463. The topological polar surface area (TPSA) is 45.8 Å². The van der Waals surface area contributed by atoms with E-state index in [0.717, 1.165) is 5.56 Å². The van der Waals surface area contributed by atoms with Crippen molar-refractivity contribution in [2.45, 2.75) is 18.8 Å². The van der Waals surface area contributed by atoms with Crippen molar-refractivity contribution < 1.29 is 0 Å². The molecule has 0 amide bonds. The summed E-state index contributed by atoms with van der Waals surface area (Å²) in [5, 5.41) is 0. The number of nitrogens with zero attached hydrogens (tertiary/aromatic N) is 1. The van der Waals surface area contributed by atoms with Gasteiger partial charge in [-0.2, -0.15) is 0 Å². The second-order valence-electron chi connectivity index (χ2n) is 4.27. The Balaban J connectivity index is 2.14. The standard InChI is InChI=1S/C13H11BrN2O/c14-11-7-15-12(16-13(11)17)10-4-2-1-3-9(10)8-5-6-8/h1-4,7-8H,5-6H2,(H,15,16,17). The molecule has 0 atom stereocenters. The van der Waals surface area contributed by atoms with Crippen molar-refractivity contribution in [2.75, 3.05) is 0 Å². The van der Waals surface area contributed by atoms with Crippen molar-refractivity contribution >= 4 is 15.9 Å². The minimum absolute atomic E-state index is 0.138. The zero-order valence-corrected chi connectivity index (χ0v) is 10.7. The first-order valence-corrected chi connectivity index (χ1v) is 6.39. The van der Waals surface area contributed by atoms with Crippen molar-refractivity contribution in [2.24, 2.45) is 0 Å². The van der Waals surface area contributed by atoms with Crippen LogP contribution in [-0.2, 0) is 0 Å². The average Bonchev–Trinajstić information content (AvgIpc) is 3.17. The first-order valence-electron chi connectivity index (χ1n) is 5.60. The fourth-order valence-electron chi connectivity index (χ4n) is 1.98. The van der Waals surface area contributed by atoms with Crippen LogP contribution in [0.4, 0.5) is 0 Å². The zero-order chi connectivity index (χ0) is 11.8. The molecular formula is C13H11BrN2O. The predicted molar refractivity (Wildman–Crippen MR) is 70.0 cm³/mol. The van der Waals surface area contributed by atoms with E-state index in [2.05, 4.69) is 32.0 Å². The van der Waals surface area contributed by atoms with Gasteiger partial charge in [-0.3, -0.25) is 4.79 Å². The van der Waals surface area contributed by atoms with Crippen molar-refractivity contribution in [3.63, 3.8) is 0 Å². The minimum Gasteiger partial charge on any atom is -0.306 e. The summed E-state index contributed by atoms with van der Waals surface area (Å²) in [5.41, 5.74) is 2.19. The number of benzene rings is 1. The molecule has 0 spiro atoms. The van der Waals surface area contributed by atoms with Gasteiger partial charge >= 0.3 is 0 Å². The highest BCUT2D eigenvalue weighted by Crippen LogP contribution is 2.43. The van der Waals surface area contributed by atoms with Gasteiger partial charge in [0.15, 0.2) is 0 Å². The maximum absolute atomic E-state index is 11.6. The number of nitrogens with one attached hydrogen (secondary N) is 1. The van der Waals surface area contributed by atoms with Crippen LogP contribution in [0.1, 0.15) is 24.3 Å². The first kappa shape index (κ1) is 10.7. The van der Waals surface area contributed by atoms with E-state index in [1.165, 1.54) is 18.4 Å². The lowest BCUT2D eigenvalue weighted by Gasteiger charge is -2.07. The normalized spacial score (nSPS) is 14.9. The van der Waals surface area contributed by atoms with E-state index in [-0.39, 0.29) is 5.56 Å². The molecule has 1 aliphatic rings. The smallest absolute Gasteiger partial charge is 0.265 e. The Morgan fingerprint density at radius 1 is 1.29 bits per heavy atom. The Morgan fingerprint density at radius 2 is 2.06 bits per heavy atom. The van der Waals surface area contributed by atoms with Crippen LogP contribution in [0.15, 0.2) is 39.7 Å². The minimum atomic E-state index is -0.138. The fraction of sp³-hybridized carbons (Fsp3) is 0.231. The summed E-state index contributed by atoms with van der Waals surface area (Å²) >= 11 is 3.16. The molecule has 1 saturated carbocycles. The Hall–Kier alpha value is -1.42. The molecule has 0 saturated heterocycles. The molecule has 3 nitrogen and oxygen atoms in total. The number of hydrogen-bond acceptors (Lipinski definition) is 2. The second-order valence-corrected chi connectivity index (χ2v) is 5.12. The SMILES string of the molecule is O=c1[nH]c(-c2ccccc2C2CC2)ncc1Br. The molecule has 0 aliphatic heterocycles. The molecule has 17 heavy (non-hydrogen) atoms. The van der Waals surface area contributed by atoms with Crippen molar-refractivity contribution in [3.8, 4) is 11.4 Å². The number of hydrogen-bond donors (Lipinski definition) is 1. The van der Waals surface area contributed by atoms with Gasteiger partial charge in [0.25, 0.3) is 5.56 Å². The van der Waals surface area contributed by atoms with Crippen LogP contribution in [0.5, 0.6) is 0 Å².